The van der Waals surface area contributed by atoms with Gasteiger partial charge >= 0.3 is 5.97 Å². The molecule has 18 heavy (non-hydrogen) atoms. The van der Waals surface area contributed by atoms with E-state index in [1.165, 1.54) is 0 Å². The van der Waals surface area contributed by atoms with Crippen LogP contribution in [-0.4, -0.2) is 25.2 Å². The first-order valence-corrected chi connectivity index (χ1v) is 6.17. The molecule has 0 aliphatic carbocycles. The summed E-state index contributed by atoms with van der Waals surface area (Å²) in [4.78, 5) is 11.8. The average Bonchev–Trinajstić information content (AvgIpc) is 2.26. The molecule has 1 fully saturated rings. The highest BCUT2D eigenvalue weighted by molar-refractivity contribution is 5.90. The summed E-state index contributed by atoms with van der Waals surface area (Å²) in [7, 11) is 0. The van der Waals surface area contributed by atoms with E-state index in [0.717, 1.165) is 17.0 Å². The van der Waals surface area contributed by atoms with Crippen molar-refractivity contribution in [1.29, 1.82) is 0 Å². The molecule has 1 N–H and O–H groups in total. The maximum atomic E-state index is 11.8. The van der Waals surface area contributed by atoms with Gasteiger partial charge in [0.15, 0.2) is 12.6 Å². The van der Waals surface area contributed by atoms with Gasteiger partial charge in [-0.2, -0.15) is 0 Å². The molecule has 0 aromatic rings. The van der Waals surface area contributed by atoms with Crippen LogP contribution in [0.3, 0.4) is 0 Å². The summed E-state index contributed by atoms with van der Waals surface area (Å²) in [6, 6.07) is 0. The van der Waals surface area contributed by atoms with Crippen molar-refractivity contribution >= 4 is 5.97 Å². The van der Waals surface area contributed by atoms with Gasteiger partial charge in [0.05, 0.1) is 12.2 Å². The minimum atomic E-state index is -0.343. The molecule has 0 radical (unpaired) electrons. The van der Waals surface area contributed by atoms with Gasteiger partial charge in [0, 0.05) is 23.4 Å². The van der Waals surface area contributed by atoms with Crippen molar-refractivity contribution in [3.63, 3.8) is 0 Å². The third-order valence-electron chi connectivity index (χ3n) is 3.11. The van der Waals surface area contributed by atoms with Crippen molar-refractivity contribution in [2.45, 2.75) is 46.7 Å². The number of allylic oxidation sites excluding steroid dienone is 2. The Labute approximate surface area is 107 Å². The Balaban J connectivity index is 2.11. The van der Waals surface area contributed by atoms with Gasteiger partial charge < -0.3 is 19.5 Å². The van der Waals surface area contributed by atoms with Crippen LogP contribution in [0, 0.1) is 0 Å². The van der Waals surface area contributed by atoms with Gasteiger partial charge in [0.25, 0.3) is 0 Å². The normalized spacial score (nSPS) is 27.8. The van der Waals surface area contributed by atoms with Crippen molar-refractivity contribution in [3.8, 4) is 0 Å². The minimum Gasteiger partial charge on any atom is -0.463 e. The van der Waals surface area contributed by atoms with E-state index < -0.39 is 0 Å². The van der Waals surface area contributed by atoms with E-state index in [9.17, 15) is 4.79 Å². The Morgan fingerprint density at radius 1 is 1.39 bits per heavy atom. The number of esters is 1. The van der Waals surface area contributed by atoms with Crippen LogP contribution in [0.15, 0.2) is 22.5 Å². The van der Waals surface area contributed by atoms with Crippen LogP contribution in [0.2, 0.25) is 0 Å². The SMILES string of the molecule is CCOC(=O)C1=C(C)NC(C)=C(C2OC(C)O2)C1. The summed E-state index contributed by atoms with van der Waals surface area (Å²) in [6.07, 6.45) is -0.000627. The largest absolute Gasteiger partial charge is 0.463 e. The Kier molecular flexibility index (Phi) is 3.73. The number of dihydropyridines is 1. The van der Waals surface area contributed by atoms with E-state index in [-0.39, 0.29) is 18.5 Å². The lowest BCUT2D eigenvalue weighted by atomic mass is 9.97. The van der Waals surface area contributed by atoms with Crippen LogP contribution in [0.1, 0.15) is 34.1 Å². The van der Waals surface area contributed by atoms with E-state index >= 15 is 0 Å². The van der Waals surface area contributed by atoms with Gasteiger partial charge in [-0.15, -0.1) is 0 Å². The quantitative estimate of drug-likeness (QED) is 0.777. The smallest absolute Gasteiger partial charge is 0.336 e. The molecule has 0 saturated carbocycles. The first kappa shape index (κ1) is 13.1. The van der Waals surface area contributed by atoms with Crippen LogP contribution >= 0.6 is 0 Å². The molecule has 0 unspecified atom stereocenters. The molecule has 1 saturated heterocycles. The molecule has 0 amide bonds. The Bertz CT molecular complexity index is 419. The van der Waals surface area contributed by atoms with Crippen LogP contribution in [0.5, 0.6) is 0 Å². The summed E-state index contributed by atoms with van der Waals surface area (Å²) >= 11 is 0. The van der Waals surface area contributed by atoms with E-state index in [1.807, 2.05) is 20.8 Å². The summed E-state index contributed by atoms with van der Waals surface area (Å²) < 4.78 is 16.0. The maximum absolute atomic E-state index is 11.8. The molecule has 2 rings (SSSR count). The van der Waals surface area contributed by atoms with Crippen molar-refractivity contribution in [2.75, 3.05) is 6.61 Å². The monoisotopic (exact) mass is 253 g/mol. The zero-order chi connectivity index (χ0) is 13.3. The third-order valence-corrected chi connectivity index (χ3v) is 3.11. The molecule has 2 aliphatic heterocycles. The molecule has 0 aromatic carbocycles. The van der Waals surface area contributed by atoms with Crippen molar-refractivity contribution < 1.29 is 19.0 Å². The minimum absolute atomic E-state index is 0.173. The van der Waals surface area contributed by atoms with E-state index in [0.29, 0.717) is 18.6 Å². The lowest BCUT2D eigenvalue weighted by Crippen LogP contribution is -2.42. The molecule has 2 aliphatic rings. The van der Waals surface area contributed by atoms with Gasteiger partial charge in [-0.1, -0.05) is 0 Å². The highest BCUT2D eigenvalue weighted by atomic mass is 16.9. The molecular formula is C13H19NO4. The number of carbonyl (C=O) groups is 1. The number of nitrogens with one attached hydrogen (secondary N) is 1. The topological polar surface area (TPSA) is 56.8 Å². The van der Waals surface area contributed by atoms with Gasteiger partial charge in [-0.05, 0) is 27.7 Å². The summed E-state index contributed by atoms with van der Waals surface area (Å²) in [5.41, 5.74) is 3.42. The summed E-state index contributed by atoms with van der Waals surface area (Å²) in [6.45, 7) is 7.84. The number of carbonyl (C=O) groups excluding carboxylic acids is 1. The van der Waals surface area contributed by atoms with Gasteiger partial charge in [-0.25, -0.2) is 4.79 Å². The zero-order valence-corrected chi connectivity index (χ0v) is 11.2. The van der Waals surface area contributed by atoms with Gasteiger partial charge in [-0.3, -0.25) is 0 Å². The van der Waals surface area contributed by atoms with Crippen LogP contribution < -0.4 is 5.32 Å². The molecule has 0 bridgehead atoms. The van der Waals surface area contributed by atoms with E-state index in [2.05, 4.69) is 5.32 Å². The number of hydrogen-bond donors (Lipinski definition) is 1. The van der Waals surface area contributed by atoms with E-state index in [1.54, 1.807) is 6.92 Å². The van der Waals surface area contributed by atoms with Gasteiger partial charge in [0.2, 0.25) is 0 Å². The average molecular weight is 253 g/mol. The molecule has 0 spiro atoms. The first-order chi connectivity index (χ1) is 8.52. The predicted octanol–water partition coefficient (Wildman–Crippen LogP) is 1.81. The first-order valence-electron chi connectivity index (χ1n) is 6.17. The molecule has 0 aromatic heterocycles. The molecular weight excluding hydrogens is 234 g/mol. The van der Waals surface area contributed by atoms with Crippen LogP contribution in [-0.2, 0) is 19.0 Å². The molecule has 0 atom stereocenters. The Morgan fingerprint density at radius 2 is 2.06 bits per heavy atom. The second-order valence-corrected chi connectivity index (χ2v) is 4.45. The molecule has 5 heteroatoms. The van der Waals surface area contributed by atoms with Crippen molar-refractivity contribution in [1.82, 2.24) is 5.32 Å². The molecule has 100 valence electrons. The number of hydrogen-bond acceptors (Lipinski definition) is 5. The highest BCUT2D eigenvalue weighted by Crippen LogP contribution is 2.32. The van der Waals surface area contributed by atoms with Crippen molar-refractivity contribution in [3.05, 3.63) is 22.5 Å². The second-order valence-electron chi connectivity index (χ2n) is 4.45. The lowest BCUT2D eigenvalue weighted by Gasteiger charge is -2.38. The highest BCUT2D eigenvalue weighted by Gasteiger charge is 2.35. The Morgan fingerprint density at radius 3 is 2.61 bits per heavy atom. The van der Waals surface area contributed by atoms with Crippen LogP contribution in [0.25, 0.3) is 0 Å². The summed E-state index contributed by atoms with van der Waals surface area (Å²) in [5, 5.41) is 3.18. The maximum Gasteiger partial charge on any atom is 0.336 e. The van der Waals surface area contributed by atoms with E-state index in [4.69, 9.17) is 14.2 Å². The number of rotatable bonds is 3. The van der Waals surface area contributed by atoms with Gasteiger partial charge in [0.1, 0.15) is 0 Å². The standard InChI is InChI=1S/C13H19NO4/c1-5-16-12(15)10-6-11(8(3)14-7(10)2)13-17-9(4)18-13/h9,13-14H,5-6H2,1-4H3. The van der Waals surface area contributed by atoms with Crippen molar-refractivity contribution in [2.24, 2.45) is 0 Å². The lowest BCUT2D eigenvalue weighted by molar-refractivity contribution is -0.360. The summed E-state index contributed by atoms with van der Waals surface area (Å²) in [5.74, 6) is -0.278. The fourth-order valence-electron chi connectivity index (χ4n) is 2.12. The third kappa shape index (κ3) is 2.42. The Hall–Kier alpha value is -1.33. The fourth-order valence-corrected chi connectivity index (χ4v) is 2.12. The van der Waals surface area contributed by atoms with Crippen LogP contribution in [0.4, 0.5) is 0 Å². The fraction of sp³-hybridized carbons (Fsp3) is 0.615. The second kappa shape index (κ2) is 5.12. The molecule has 5 nitrogen and oxygen atoms in total. The molecule has 2 heterocycles. The predicted molar refractivity (Wildman–Crippen MR) is 65.2 cm³/mol. The number of ether oxygens (including phenoxy) is 3. The zero-order valence-electron chi connectivity index (χ0n) is 11.2.